The Bertz CT molecular complexity index is 1030. The standard InChI is InChI=1S/C25H35ClN4O4/c1-24(2,3)32-19-10-7-16(8-11-19)22-28-27-21-15-29(34-23(31)33-25(4,5)6)14-17-13-18(26)9-12-20(17)30(21)22/h9,12-13,16,19H,7-8,10-11,14-15H2,1-6H3. The van der Waals surface area contributed by atoms with E-state index in [1.54, 1.807) is 25.8 Å². The van der Waals surface area contributed by atoms with E-state index in [4.69, 9.17) is 25.9 Å². The minimum atomic E-state index is -0.749. The Labute approximate surface area is 206 Å². The number of hydrogen-bond donors (Lipinski definition) is 0. The number of nitrogens with zero attached hydrogens (tertiary/aromatic N) is 4. The topological polar surface area (TPSA) is 78.7 Å². The highest BCUT2D eigenvalue weighted by molar-refractivity contribution is 6.30. The van der Waals surface area contributed by atoms with Gasteiger partial charge in [0.1, 0.15) is 11.4 Å². The van der Waals surface area contributed by atoms with Crippen LogP contribution < -0.4 is 0 Å². The normalized spacial score (nSPS) is 21.4. The van der Waals surface area contributed by atoms with Crippen molar-refractivity contribution in [3.63, 3.8) is 0 Å². The summed E-state index contributed by atoms with van der Waals surface area (Å²) in [4.78, 5) is 17.9. The van der Waals surface area contributed by atoms with Gasteiger partial charge < -0.3 is 14.3 Å². The number of rotatable bonds is 3. The molecule has 0 spiro atoms. The number of carbonyl (C=O) groups is 1. The second-order valence-corrected chi connectivity index (χ2v) is 11.6. The Morgan fingerprint density at radius 1 is 1.00 bits per heavy atom. The minimum Gasteiger partial charge on any atom is -0.427 e. The fourth-order valence-electron chi connectivity index (χ4n) is 4.64. The zero-order valence-electron chi connectivity index (χ0n) is 20.9. The summed E-state index contributed by atoms with van der Waals surface area (Å²) in [5.41, 5.74) is 1.11. The molecular weight excluding hydrogens is 456 g/mol. The molecule has 0 atom stereocenters. The molecule has 1 aliphatic carbocycles. The van der Waals surface area contributed by atoms with Crippen LogP contribution in [0.1, 0.15) is 90.4 Å². The summed E-state index contributed by atoms with van der Waals surface area (Å²) in [5.74, 6) is 1.93. The summed E-state index contributed by atoms with van der Waals surface area (Å²) in [6.07, 6.45) is 3.48. The van der Waals surface area contributed by atoms with Crippen LogP contribution in [0, 0.1) is 0 Å². The van der Waals surface area contributed by atoms with Gasteiger partial charge in [0, 0.05) is 10.9 Å². The fraction of sp³-hybridized carbons (Fsp3) is 0.640. The number of carbonyl (C=O) groups excluding carboxylic acids is 1. The van der Waals surface area contributed by atoms with Crippen LogP contribution in [-0.2, 0) is 27.4 Å². The van der Waals surface area contributed by atoms with Gasteiger partial charge in [-0.25, -0.2) is 4.79 Å². The first-order chi connectivity index (χ1) is 15.9. The van der Waals surface area contributed by atoms with Gasteiger partial charge in [-0.3, -0.25) is 4.57 Å². The number of hydrogen-bond acceptors (Lipinski definition) is 7. The smallest absolute Gasteiger partial charge is 0.427 e. The van der Waals surface area contributed by atoms with E-state index < -0.39 is 11.8 Å². The minimum absolute atomic E-state index is 0.140. The summed E-state index contributed by atoms with van der Waals surface area (Å²) < 4.78 is 13.7. The molecule has 1 aromatic carbocycles. The molecule has 1 aliphatic heterocycles. The third kappa shape index (κ3) is 6.09. The lowest BCUT2D eigenvalue weighted by Gasteiger charge is -2.33. The molecule has 9 heteroatoms. The Morgan fingerprint density at radius 3 is 2.35 bits per heavy atom. The number of fused-ring (bicyclic) bond motifs is 3. The lowest BCUT2D eigenvalue weighted by Crippen LogP contribution is -2.31. The molecule has 4 rings (SSSR count). The number of aromatic nitrogens is 3. The molecule has 186 valence electrons. The van der Waals surface area contributed by atoms with Crippen molar-refractivity contribution in [2.45, 2.75) is 104 Å². The van der Waals surface area contributed by atoms with Crippen molar-refractivity contribution in [1.29, 1.82) is 0 Å². The zero-order valence-corrected chi connectivity index (χ0v) is 21.7. The van der Waals surface area contributed by atoms with E-state index in [0.717, 1.165) is 42.8 Å². The first-order valence-electron chi connectivity index (χ1n) is 11.9. The molecular formula is C25H35ClN4O4. The second-order valence-electron chi connectivity index (χ2n) is 11.1. The summed E-state index contributed by atoms with van der Waals surface area (Å²) in [6, 6.07) is 5.75. The summed E-state index contributed by atoms with van der Waals surface area (Å²) >= 11 is 6.32. The zero-order chi connectivity index (χ0) is 24.7. The molecule has 1 aromatic heterocycles. The van der Waals surface area contributed by atoms with Crippen molar-refractivity contribution in [3.05, 3.63) is 40.4 Å². The number of hydroxylamine groups is 2. The lowest BCUT2D eigenvalue weighted by atomic mass is 9.86. The van der Waals surface area contributed by atoms with E-state index in [9.17, 15) is 4.79 Å². The van der Waals surface area contributed by atoms with Crippen LogP contribution in [0.3, 0.4) is 0 Å². The SMILES string of the molecule is CC(C)(C)OC(=O)ON1Cc2cc(Cl)ccc2-n2c(nnc2C2CCC(OC(C)(C)C)CC2)C1. The van der Waals surface area contributed by atoms with Crippen molar-refractivity contribution in [2.75, 3.05) is 0 Å². The first kappa shape index (κ1) is 24.9. The van der Waals surface area contributed by atoms with E-state index in [-0.39, 0.29) is 17.6 Å². The maximum absolute atomic E-state index is 12.3. The number of benzene rings is 1. The van der Waals surface area contributed by atoms with Gasteiger partial charge >= 0.3 is 6.16 Å². The van der Waals surface area contributed by atoms with Crippen LogP contribution in [0.5, 0.6) is 0 Å². The van der Waals surface area contributed by atoms with Crippen LogP contribution in [0.4, 0.5) is 4.79 Å². The largest absolute Gasteiger partial charge is 0.528 e. The number of halogens is 1. The van der Waals surface area contributed by atoms with Gasteiger partial charge in [0.25, 0.3) is 0 Å². The predicted molar refractivity (Wildman–Crippen MR) is 129 cm³/mol. The molecule has 0 bridgehead atoms. The van der Waals surface area contributed by atoms with Gasteiger partial charge in [-0.05, 0) is 91.0 Å². The monoisotopic (exact) mass is 490 g/mol. The molecule has 2 aromatic rings. The van der Waals surface area contributed by atoms with Gasteiger partial charge in [0.05, 0.1) is 30.5 Å². The van der Waals surface area contributed by atoms with Gasteiger partial charge in [-0.2, -0.15) is 0 Å². The van der Waals surface area contributed by atoms with Crippen molar-refractivity contribution in [3.8, 4) is 5.69 Å². The summed E-state index contributed by atoms with van der Waals surface area (Å²) in [6.45, 7) is 12.4. The maximum Gasteiger partial charge on any atom is 0.528 e. The molecule has 0 unspecified atom stereocenters. The Balaban J connectivity index is 1.59. The predicted octanol–water partition coefficient (Wildman–Crippen LogP) is 5.94. The second kappa shape index (κ2) is 9.47. The maximum atomic E-state index is 12.3. The molecule has 2 heterocycles. The van der Waals surface area contributed by atoms with Gasteiger partial charge in [0.2, 0.25) is 0 Å². The van der Waals surface area contributed by atoms with Crippen LogP contribution in [0.15, 0.2) is 18.2 Å². The Hall–Kier alpha value is -2.16. The summed E-state index contributed by atoms with van der Waals surface area (Å²) in [7, 11) is 0. The van der Waals surface area contributed by atoms with Crippen molar-refractivity contribution in [2.24, 2.45) is 0 Å². The van der Waals surface area contributed by atoms with E-state index >= 15 is 0 Å². The average Bonchev–Trinajstić information content (AvgIpc) is 3.02. The van der Waals surface area contributed by atoms with Crippen LogP contribution in [0.25, 0.3) is 5.69 Å². The highest BCUT2D eigenvalue weighted by atomic mass is 35.5. The quantitative estimate of drug-likeness (QED) is 0.492. The number of ether oxygens (including phenoxy) is 2. The molecule has 0 saturated heterocycles. The average molecular weight is 491 g/mol. The molecule has 2 aliphatic rings. The van der Waals surface area contributed by atoms with Gasteiger partial charge in [-0.1, -0.05) is 11.6 Å². The van der Waals surface area contributed by atoms with Crippen LogP contribution in [0.2, 0.25) is 5.02 Å². The van der Waals surface area contributed by atoms with Crippen molar-refractivity contribution >= 4 is 17.8 Å². The van der Waals surface area contributed by atoms with Crippen LogP contribution >= 0.6 is 11.6 Å². The molecule has 8 nitrogen and oxygen atoms in total. The highest BCUT2D eigenvalue weighted by Gasteiger charge is 2.33. The van der Waals surface area contributed by atoms with E-state index in [1.807, 2.05) is 18.2 Å². The third-order valence-electron chi connectivity index (χ3n) is 5.85. The lowest BCUT2D eigenvalue weighted by molar-refractivity contribution is -0.155. The Morgan fingerprint density at radius 2 is 1.71 bits per heavy atom. The molecule has 34 heavy (non-hydrogen) atoms. The van der Waals surface area contributed by atoms with E-state index in [1.165, 1.54) is 0 Å². The molecule has 0 radical (unpaired) electrons. The van der Waals surface area contributed by atoms with Crippen LogP contribution in [-0.4, -0.2) is 43.3 Å². The molecule has 1 saturated carbocycles. The molecule has 0 N–H and O–H groups in total. The highest BCUT2D eigenvalue weighted by Crippen LogP contribution is 2.37. The third-order valence-corrected chi connectivity index (χ3v) is 6.09. The van der Waals surface area contributed by atoms with Crippen molar-refractivity contribution < 1.29 is 19.1 Å². The van der Waals surface area contributed by atoms with Crippen molar-refractivity contribution in [1.82, 2.24) is 19.8 Å². The summed E-state index contributed by atoms with van der Waals surface area (Å²) in [5, 5.41) is 11.3. The molecule has 1 fully saturated rings. The van der Waals surface area contributed by atoms with Gasteiger partial charge in [-0.15, -0.1) is 15.3 Å². The molecule has 0 amide bonds. The van der Waals surface area contributed by atoms with Gasteiger partial charge in [0.15, 0.2) is 5.82 Å². The van der Waals surface area contributed by atoms with E-state index in [0.29, 0.717) is 23.9 Å². The van der Waals surface area contributed by atoms with E-state index in [2.05, 4.69) is 35.5 Å². The fourth-order valence-corrected chi connectivity index (χ4v) is 4.83. The first-order valence-corrected chi connectivity index (χ1v) is 12.3. The Kier molecular flexibility index (Phi) is 6.95.